The maximum atomic E-state index is 12.5. The number of ether oxygens (including phenoxy) is 4. The standard InChI is InChI=1S/C18H19ClN2O6/c1-10(17(22)21-14-8-5-11(19)9-20-14)27-18(23)12-6-7-13(24-2)16(26-4)15(12)25-3/h5-10H,1-4H3,(H,20,21,22)/t10-/m1/s1. The van der Waals surface area contributed by atoms with Crippen molar-refractivity contribution in [2.75, 3.05) is 26.6 Å². The number of esters is 1. The normalized spacial score (nSPS) is 11.3. The fourth-order valence-corrected chi connectivity index (χ4v) is 2.33. The summed E-state index contributed by atoms with van der Waals surface area (Å²) in [6.07, 6.45) is 0.315. The Balaban J connectivity index is 2.13. The van der Waals surface area contributed by atoms with Gasteiger partial charge in [0.15, 0.2) is 17.6 Å². The minimum atomic E-state index is -1.08. The molecule has 0 saturated heterocycles. The van der Waals surface area contributed by atoms with Gasteiger partial charge in [-0.25, -0.2) is 9.78 Å². The molecule has 9 heteroatoms. The van der Waals surface area contributed by atoms with E-state index in [0.29, 0.717) is 10.8 Å². The van der Waals surface area contributed by atoms with Gasteiger partial charge in [0.25, 0.3) is 5.91 Å². The van der Waals surface area contributed by atoms with Crippen LogP contribution in [-0.2, 0) is 9.53 Å². The van der Waals surface area contributed by atoms with Gasteiger partial charge < -0.3 is 24.3 Å². The lowest BCUT2D eigenvalue weighted by Crippen LogP contribution is -2.30. The fourth-order valence-electron chi connectivity index (χ4n) is 2.22. The zero-order chi connectivity index (χ0) is 20.0. The van der Waals surface area contributed by atoms with Gasteiger partial charge >= 0.3 is 5.97 Å². The van der Waals surface area contributed by atoms with Crippen molar-refractivity contribution in [3.8, 4) is 17.2 Å². The van der Waals surface area contributed by atoms with E-state index in [1.807, 2.05) is 0 Å². The lowest BCUT2D eigenvalue weighted by Gasteiger charge is -2.17. The monoisotopic (exact) mass is 394 g/mol. The van der Waals surface area contributed by atoms with Gasteiger partial charge in [0.2, 0.25) is 5.75 Å². The molecule has 1 N–H and O–H groups in total. The molecule has 8 nitrogen and oxygen atoms in total. The van der Waals surface area contributed by atoms with E-state index in [1.165, 1.54) is 46.6 Å². The molecule has 1 amide bonds. The minimum absolute atomic E-state index is 0.0967. The van der Waals surface area contributed by atoms with Crippen molar-refractivity contribution in [2.24, 2.45) is 0 Å². The smallest absolute Gasteiger partial charge is 0.342 e. The molecule has 0 radical (unpaired) electrons. The van der Waals surface area contributed by atoms with Crippen LogP contribution in [0.25, 0.3) is 0 Å². The van der Waals surface area contributed by atoms with Crippen LogP contribution >= 0.6 is 11.6 Å². The maximum absolute atomic E-state index is 12.5. The highest BCUT2D eigenvalue weighted by atomic mass is 35.5. The summed E-state index contributed by atoms with van der Waals surface area (Å²) in [5.74, 6) is -0.218. The van der Waals surface area contributed by atoms with Gasteiger partial charge in [0.05, 0.1) is 26.4 Å². The van der Waals surface area contributed by atoms with Crippen molar-refractivity contribution in [3.05, 3.63) is 41.0 Å². The number of amides is 1. The van der Waals surface area contributed by atoms with Crippen molar-refractivity contribution >= 4 is 29.3 Å². The summed E-state index contributed by atoms with van der Waals surface area (Å²) >= 11 is 5.75. The van der Waals surface area contributed by atoms with E-state index < -0.39 is 18.0 Å². The van der Waals surface area contributed by atoms with Gasteiger partial charge in [-0.15, -0.1) is 0 Å². The number of halogens is 1. The van der Waals surface area contributed by atoms with Crippen LogP contribution in [0.4, 0.5) is 5.82 Å². The number of anilines is 1. The quantitative estimate of drug-likeness (QED) is 0.721. The number of hydrogen-bond acceptors (Lipinski definition) is 7. The van der Waals surface area contributed by atoms with Crippen LogP contribution in [-0.4, -0.2) is 44.3 Å². The van der Waals surface area contributed by atoms with Gasteiger partial charge in [-0.3, -0.25) is 4.79 Å². The molecule has 2 rings (SSSR count). The summed E-state index contributed by atoms with van der Waals surface area (Å²) in [4.78, 5) is 28.6. The minimum Gasteiger partial charge on any atom is -0.493 e. The molecule has 0 aliphatic carbocycles. The van der Waals surface area contributed by atoms with E-state index in [4.69, 9.17) is 30.5 Å². The van der Waals surface area contributed by atoms with E-state index in [0.717, 1.165) is 0 Å². The summed E-state index contributed by atoms with van der Waals surface area (Å²) in [5, 5.41) is 2.97. The first-order valence-corrected chi connectivity index (χ1v) is 8.21. The van der Waals surface area contributed by atoms with Crippen LogP contribution in [0, 0.1) is 0 Å². The van der Waals surface area contributed by atoms with Gasteiger partial charge in [0.1, 0.15) is 11.4 Å². The number of benzene rings is 1. The lowest BCUT2D eigenvalue weighted by molar-refractivity contribution is -0.123. The molecule has 27 heavy (non-hydrogen) atoms. The number of carbonyl (C=O) groups excluding carboxylic acids is 2. The Labute approximate surface area is 161 Å². The molecule has 0 bridgehead atoms. The highest BCUT2D eigenvalue weighted by Crippen LogP contribution is 2.40. The second kappa shape index (κ2) is 9.09. The number of rotatable bonds is 7. The number of hydrogen-bond donors (Lipinski definition) is 1. The predicted octanol–water partition coefficient (Wildman–Crippen LogP) is 2.94. The molecule has 0 aliphatic rings. The average molecular weight is 395 g/mol. The topological polar surface area (TPSA) is 96.0 Å². The number of nitrogens with one attached hydrogen (secondary N) is 1. The molecular formula is C18H19ClN2O6. The van der Waals surface area contributed by atoms with Gasteiger partial charge in [-0.1, -0.05) is 11.6 Å². The summed E-state index contributed by atoms with van der Waals surface area (Å²) in [5.41, 5.74) is 0.0967. The molecule has 0 spiro atoms. The summed E-state index contributed by atoms with van der Waals surface area (Å²) in [7, 11) is 4.27. The molecule has 1 aromatic heterocycles. The molecule has 2 aromatic rings. The van der Waals surface area contributed by atoms with Crippen molar-refractivity contribution in [3.63, 3.8) is 0 Å². The Bertz CT molecular complexity index is 825. The van der Waals surface area contributed by atoms with Crippen molar-refractivity contribution < 1.29 is 28.5 Å². The maximum Gasteiger partial charge on any atom is 0.342 e. The van der Waals surface area contributed by atoms with Crippen LogP contribution in [0.2, 0.25) is 5.02 Å². The van der Waals surface area contributed by atoms with Crippen LogP contribution < -0.4 is 19.5 Å². The number of pyridine rings is 1. The first-order chi connectivity index (χ1) is 12.9. The van der Waals surface area contributed by atoms with Crippen LogP contribution in [0.1, 0.15) is 17.3 Å². The molecule has 1 heterocycles. The molecule has 144 valence electrons. The lowest BCUT2D eigenvalue weighted by atomic mass is 10.1. The molecule has 1 aromatic carbocycles. The third kappa shape index (κ3) is 4.79. The van der Waals surface area contributed by atoms with E-state index in [9.17, 15) is 9.59 Å². The Morgan fingerprint density at radius 3 is 2.30 bits per heavy atom. The van der Waals surface area contributed by atoms with Gasteiger partial charge in [-0.2, -0.15) is 0 Å². The molecule has 0 saturated carbocycles. The van der Waals surface area contributed by atoms with E-state index >= 15 is 0 Å². The fraction of sp³-hybridized carbons (Fsp3) is 0.278. The second-order valence-corrected chi connectivity index (χ2v) is 5.72. The number of methoxy groups -OCH3 is 3. The van der Waals surface area contributed by atoms with Crippen molar-refractivity contribution in [1.82, 2.24) is 4.98 Å². The summed E-state index contributed by atoms with van der Waals surface area (Å²) in [6.45, 7) is 1.44. The molecule has 0 fully saturated rings. The van der Waals surface area contributed by atoms with Gasteiger partial charge in [-0.05, 0) is 31.2 Å². The van der Waals surface area contributed by atoms with E-state index in [-0.39, 0.29) is 22.9 Å². The van der Waals surface area contributed by atoms with Crippen LogP contribution in [0.5, 0.6) is 17.2 Å². The van der Waals surface area contributed by atoms with Crippen molar-refractivity contribution in [1.29, 1.82) is 0 Å². The average Bonchev–Trinajstić information content (AvgIpc) is 2.67. The summed E-state index contributed by atoms with van der Waals surface area (Å²) < 4.78 is 20.9. The molecular weight excluding hydrogens is 376 g/mol. The molecule has 0 aliphatic heterocycles. The zero-order valence-corrected chi connectivity index (χ0v) is 16.0. The number of aromatic nitrogens is 1. The largest absolute Gasteiger partial charge is 0.493 e. The van der Waals surface area contributed by atoms with Crippen LogP contribution in [0.15, 0.2) is 30.5 Å². The Hall–Kier alpha value is -3.00. The van der Waals surface area contributed by atoms with Crippen LogP contribution in [0.3, 0.4) is 0 Å². The number of carbonyl (C=O) groups is 2. The highest BCUT2D eigenvalue weighted by molar-refractivity contribution is 6.30. The van der Waals surface area contributed by atoms with Crippen molar-refractivity contribution in [2.45, 2.75) is 13.0 Å². The van der Waals surface area contributed by atoms with E-state index in [1.54, 1.807) is 12.1 Å². The first-order valence-electron chi connectivity index (χ1n) is 7.83. The predicted molar refractivity (Wildman–Crippen MR) is 98.9 cm³/mol. The molecule has 0 unspecified atom stereocenters. The highest BCUT2D eigenvalue weighted by Gasteiger charge is 2.25. The second-order valence-electron chi connectivity index (χ2n) is 5.28. The zero-order valence-electron chi connectivity index (χ0n) is 15.2. The van der Waals surface area contributed by atoms with E-state index in [2.05, 4.69) is 10.3 Å². The third-order valence-electron chi connectivity index (χ3n) is 3.56. The Morgan fingerprint density at radius 1 is 1.04 bits per heavy atom. The third-order valence-corrected chi connectivity index (χ3v) is 3.78. The van der Waals surface area contributed by atoms with Gasteiger partial charge in [0, 0.05) is 6.20 Å². The SMILES string of the molecule is COc1ccc(C(=O)O[C@H](C)C(=O)Nc2ccc(Cl)cn2)c(OC)c1OC. The Morgan fingerprint density at radius 2 is 1.74 bits per heavy atom. The number of nitrogens with zero attached hydrogens (tertiary/aromatic N) is 1. The summed E-state index contributed by atoms with van der Waals surface area (Å²) in [6, 6.07) is 6.12. The Kier molecular flexibility index (Phi) is 6.84. The molecule has 1 atom stereocenters. The first kappa shape index (κ1) is 20.3.